The highest BCUT2D eigenvalue weighted by molar-refractivity contribution is 6.05. The molecular weight excluding hydrogens is 352 g/mol. The molecule has 2 aliphatic heterocycles. The predicted molar refractivity (Wildman–Crippen MR) is 106 cm³/mol. The first-order valence-electron chi connectivity index (χ1n) is 9.26. The zero-order valence-corrected chi connectivity index (χ0v) is 15.2. The zero-order chi connectivity index (χ0) is 18.9. The summed E-state index contributed by atoms with van der Waals surface area (Å²) in [5.74, 6) is 1.54. The van der Waals surface area contributed by atoms with Gasteiger partial charge >= 0.3 is 0 Å². The molecule has 0 radical (unpaired) electrons. The van der Waals surface area contributed by atoms with Crippen LogP contribution >= 0.6 is 0 Å². The molecule has 0 saturated carbocycles. The summed E-state index contributed by atoms with van der Waals surface area (Å²) in [5, 5.41) is 0. The van der Waals surface area contributed by atoms with Gasteiger partial charge in [0, 0.05) is 25.0 Å². The molecule has 138 valence electrons. The van der Waals surface area contributed by atoms with Crippen molar-refractivity contribution in [3.63, 3.8) is 0 Å². The van der Waals surface area contributed by atoms with Crippen LogP contribution in [0.4, 0.5) is 5.69 Å². The van der Waals surface area contributed by atoms with E-state index in [0.29, 0.717) is 18.6 Å². The molecule has 0 saturated heterocycles. The Bertz CT molecular complexity index is 1100. The molecule has 0 aliphatic carbocycles. The molecule has 28 heavy (non-hydrogen) atoms. The van der Waals surface area contributed by atoms with Crippen molar-refractivity contribution in [1.82, 2.24) is 4.98 Å². The van der Waals surface area contributed by atoms with E-state index >= 15 is 0 Å². The Balaban J connectivity index is 1.29. The molecule has 3 heterocycles. The van der Waals surface area contributed by atoms with E-state index in [0.717, 1.165) is 40.5 Å². The van der Waals surface area contributed by atoms with Crippen LogP contribution in [0.2, 0.25) is 0 Å². The zero-order valence-electron chi connectivity index (χ0n) is 15.2. The summed E-state index contributed by atoms with van der Waals surface area (Å²) in [4.78, 5) is 21.9. The third-order valence-corrected chi connectivity index (χ3v) is 4.92. The number of nitrogens with zero attached hydrogens (tertiary/aromatic N) is 2. The third-order valence-electron chi connectivity index (χ3n) is 4.92. The molecule has 5 heteroatoms. The number of aliphatic imine (C=N–C) groups is 1. The fraction of sp³-hybridized carbons (Fsp3) is 0.174. The van der Waals surface area contributed by atoms with Gasteiger partial charge in [-0.05, 0) is 41.5 Å². The fourth-order valence-corrected chi connectivity index (χ4v) is 3.56. The van der Waals surface area contributed by atoms with Gasteiger partial charge in [-0.1, -0.05) is 30.3 Å². The van der Waals surface area contributed by atoms with E-state index in [1.165, 1.54) is 5.56 Å². The summed E-state index contributed by atoms with van der Waals surface area (Å²) in [6.45, 7) is 0.233. The summed E-state index contributed by atoms with van der Waals surface area (Å²) in [6, 6.07) is 19.5. The van der Waals surface area contributed by atoms with Crippen LogP contribution in [-0.4, -0.2) is 23.3 Å². The van der Waals surface area contributed by atoms with Crippen molar-refractivity contribution in [1.29, 1.82) is 0 Å². The molecule has 0 amide bonds. The minimum absolute atomic E-state index is 0.111. The molecular formula is C23H18N2O3. The van der Waals surface area contributed by atoms with E-state index < -0.39 is 0 Å². The van der Waals surface area contributed by atoms with Crippen LogP contribution in [0.1, 0.15) is 22.5 Å². The Kier molecular flexibility index (Phi) is 4.13. The van der Waals surface area contributed by atoms with Gasteiger partial charge in [-0.25, -0.2) is 0 Å². The number of hydrogen-bond donors (Lipinski definition) is 0. The maximum atomic E-state index is 12.6. The average Bonchev–Trinajstić information content (AvgIpc) is 3.34. The van der Waals surface area contributed by atoms with E-state index in [1.807, 2.05) is 54.6 Å². The van der Waals surface area contributed by atoms with Crippen molar-refractivity contribution in [2.75, 3.05) is 6.79 Å². The molecule has 2 aromatic carbocycles. The van der Waals surface area contributed by atoms with Crippen LogP contribution in [0.15, 0.2) is 65.7 Å². The minimum Gasteiger partial charge on any atom is -0.454 e. The van der Waals surface area contributed by atoms with Crippen molar-refractivity contribution >= 4 is 17.2 Å². The molecule has 0 N–H and O–H groups in total. The highest BCUT2D eigenvalue weighted by Gasteiger charge is 2.18. The van der Waals surface area contributed by atoms with E-state index in [2.05, 4.69) is 16.0 Å². The molecule has 0 fully saturated rings. The standard InChI is InChI=1S/C23H18N2O3/c26-18(10-15-8-9-22-23(11-15)28-14-27-22)13-17-5-3-7-20(24-17)21-12-16-4-1-2-6-19(16)25-21/h1-9,11H,10,12-14H2. The lowest BCUT2D eigenvalue weighted by atomic mass is 10.0. The van der Waals surface area contributed by atoms with Gasteiger partial charge in [-0.3, -0.25) is 14.8 Å². The van der Waals surface area contributed by atoms with Crippen molar-refractivity contribution in [3.05, 3.63) is 83.2 Å². The summed E-state index contributed by atoms with van der Waals surface area (Å²) in [6.07, 6.45) is 1.41. The summed E-state index contributed by atoms with van der Waals surface area (Å²) in [7, 11) is 0. The molecule has 0 unspecified atom stereocenters. The summed E-state index contributed by atoms with van der Waals surface area (Å²) >= 11 is 0. The fourth-order valence-electron chi connectivity index (χ4n) is 3.56. The lowest BCUT2D eigenvalue weighted by Crippen LogP contribution is -2.10. The molecule has 0 bridgehead atoms. The van der Waals surface area contributed by atoms with E-state index in [9.17, 15) is 4.79 Å². The Labute approximate surface area is 162 Å². The lowest BCUT2D eigenvalue weighted by Gasteiger charge is -2.05. The lowest BCUT2D eigenvalue weighted by molar-refractivity contribution is -0.117. The average molecular weight is 370 g/mol. The Morgan fingerprint density at radius 2 is 1.82 bits per heavy atom. The minimum atomic E-state index is 0.111. The quantitative estimate of drug-likeness (QED) is 0.685. The number of aromatic nitrogens is 1. The first-order valence-corrected chi connectivity index (χ1v) is 9.26. The number of benzene rings is 2. The van der Waals surface area contributed by atoms with Crippen molar-refractivity contribution in [3.8, 4) is 11.5 Å². The van der Waals surface area contributed by atoms with Crippen LogP contribution < -0.4 is 9.47 Å². The molecule has 1 aromatic heterocycles. The number of hydrogen-bond acceptors (Lipinski definition) is 5. The van der Waals surface area contributed by atoms with E-state index in [1.54, 1.807) is 0 Å². The van der Waals surface area contributed by atoms with Gasteiger partial charge in [0.2, 0.25) is 6.79 Å². The Morgan fingerprint density at radius 3 is 2.75 bits per heavy atom. The van der Waals surface area contributed by atoms with Crippen LogP contribution in [0.25, 0.3) is 0 Å². The first kappa shape index (κ1) is 16.7. The Hall–Kier alpha value is -3.47. The van der Waals surface area contributed by atoms with Gasteiger partial charge in [-0.15, -0.1) is 0 Å². The van der Waals surface area contributed by atoms with Gasteiger partial charge in [0.1, 0.15) is 5.78 Å². The van der Waals surface area contributed by atoms with Gasteiger partial charge < -0.3 is 9.47 Å². The van der Waals surface area contributed by atoms with E-state index in [-0.39, 0.29) is 12.6 Å². The molecule has 2 aliphatic rings. The van der Waals surface area contributed by atoms with E-state index in [4.69, 9.17) is 9.47 Å². The molecule has 0 atom stereocenters. The van der Waals surface area contributed by atoms with Crippen molar-refractivity contribution in [2.24, 2.45) is 4.99 Å². The van der Waals surface area contributed by atoms with Crippen molar-refractivity contribution < 1.29 is 14.3 Å². The molecule has 0 spiro atoms. The second-order valence-corrected chi connectivity index (χ2v) is 6.96. The first-order chi connectivity index (χ1) is 13.7. The summed E-state index contributed by atoms with van der Waals surface area (Å²) < 4.78 is 10.7. The van der Waals surface area contributed by atoms with Gasteiger partial charge in [0.15, 0.2) is 11.5 Å². The second kappa shape index (κ2) is 6.93. The number of para-hydroxylation sites is 1. The maximum absolute atomic E-state index is 12.6. The van der Waals surface area contributed by atoms with Gasteiger partial charge in [0.05, 0.1) is 17.1 Å². The highest BCUT2D eigenvalue weighted by Crippen LogP contribution is 2.32. The number of Topliss-reactive ketones (excluding diaryl/α,β-unsaturated/α-hetero) is 1. The molecule has 3 aromatic rings. The number of ketones is 1. The topological polar surface area (TPSA) is 60.8 Å². The smallest absolute Gasteiger partial charge is 0.231 e. The maximum Gasteiger partial charge on any atom is 0.231 e. The second-order valence-electron chi connectivity index (χ2n) is 6.96. The third kappa shape index (κ3) is 3.27. The van der Waals surface area contributed by atoms with Crippen LogP contribution in [0.5, 0.6) is 11.5 Å². The monoisotopic (exact) mass is 370 g/mol. The SMILES string of the molecule is O=C(Cc1ccc2c(c1)OCO2)Cc1cccc(C2=Nc3ccccc3C2)n1. The Morgan fingerprint density at radius 1 is 0.929 bits per heavy atom. The van der Waals surface area contributed by atoms with Gasteiger partial charge in [-0.2, -0.15) is 0 Å². The number of pyridine rings is 1. The number of carbonyl (C=O) groups excluding carboxylic acids is 1. The molecule has 5 rings (SSSR count). The van der Waals surface area contributed by atoms with Crippen molar-refractivity contribution in [2.45, 2.75) is 19.3 Å². The number of ether oxygens (including phenoxy) is 2. The van der Waals surface area contributed by atoms with Crippen LogP contribution in [-0.2, 0) is 24.1 Å². The number of carbonyl (C=O) groups is 1. The molecule has 5 nitrogen and oxygen atoms in total. The summed E-state index contributed by atoms with van der Waals surface area (Å²) in [5.41, 5.74) is 5.69. The number of rotatable bonds is 5. The highest BCUT2D eigenvalue weighted by atomic mass is 16.7. The van der Waals surface area contributed by atoms with Gasteiger partial charge in [0.25, 0.3) is 0 Å². The largest absolute Gasteiger partial charge is 0.454 e. The van der Waals surface area contributed by atoms with Crippen LogP contribution in [0.3, 0.4) is 0 Å². The van der Waals surface area contributed by atoms with Crippen LogP contribution in [0, 0.1) is 0 Å². The number of fused-ring (bicyclic) bond motifs is 2. The predicted octanol–water partition coefficient (Wildman–Crippen LogP) is 3.84. The normalized spacial score (nSPS) is 13.9.